The molecule has 78 valence electrons. The lowest BCUT2D eigenvalue weighted by molar-refractivity contribution is -0.384. The zero-order valence-electron chi connectivity index (χ0n) is 8.15. The van der Waals surface area contributed by atoms with Gasteiger partial charge >= 0.3 is 0 Å². The molecule has 0 radical (unpaired) electrons. The topological polar surface area (TPSA) is 69.2 Å². The lowest BCUT2D eigenvalue weighted by Crippen LogP contribution is -1.97. The Morgan fingerprint density at radius 2 is 2.27 bits per heavy atom. The van der Waals surface area contributed by atoms with Gasteiger partial charge in [-0.15, -0.1) is 0 Å². The van der Waals surface area contributed by atoms with Crippen LogP contribution in [0.3, 0.4) is 0 Å². The summed E-state index contributed by atoms with van der Waals surface area (Å²) in [5.41, 5.74) is 7.37. The van der Waals surface area contributed by atoms with Gasteiger partial charge in [-0.25, -0.2) is 0 Å². The largest absolute Gasteiger partial charge is 0.397 e. The third kappa shape index (κ3) is 2.64. The summed E-state index contributed by atoms with van der Waals surface area (Å²) in [6.07, 6.45) is 0. The van der Waals surface area contributed by atoms with Crippen LogP contribution in [0.4, 0.5) is 11.4 Å². The Hall–Kier alpha value is -1.67. The monoisotopic (exact) mass is 222 g/mol. The second kappa shape index (κ2) is 4.71. The molecule has 5 heteroatoms. The molecule has 0 bridgehead atoms. The van der Waals surface area contributed by atoms with Crippen LogP contribution >= 0.6 is 12.6 Å². The molecule has 2 N–H and O–H groups in total. The van der Waals surface area contributed by atoms with Crippen LogP contribution in [0.5, 0.6) is 0 Å². The number of rotatable bonds is 1. The molecule has 1 rings (SSSR count). The van der Waals surface area contributed by atoms with Crippen molar-refractivity contribution in [1.82, 2.24) is 0 Å². The molecule has 1 aromatic carbocycles. The van der Waals surface area contributed by atoms with Gasteiger partial charge in [0.25, 0.3) is 5.69 Å². The molecule has 0 saturated carbocycles. The standard InChI is InChI=1S/C10H10N2O2S/c1-7-5-9(12(13)14)6-8(10(7)11)3-2-4-15/h5-6,15H,4,11H2,1H3. The number of nitro groups is 1. The molecular weight excluding hydrogens is 212 g/mol. The maximum absolute atomic E-state index is 10.6. The minimum absolute atomic E-state index is 0.00478. The van der Waals surface area contributed by atoms with Crippen molar-refractivity contribution in [2.45, 2.75) is 6.92 Å². The van der Waals surface area contributed by atoms with E-state index in [0.29, 0.717) is 22.6 Å². The number of hydrogen-bond donors (Lipinski definition) is 2. The van der Waals surface area contributed by atoms with Crippen molar-refractivity contribution in [2.75, 3.05) is 11.5 Å². The third-order valence-corrected chi connectivity index (χ3v) is 2.04. The molecular formula is C10H10N2O2S. The number of nitrogens with two attached hydrogens (primary N) is 1. The molecule has 0 fully saturated rings. The lowest BCUT2D eigenvalue weighted by atomic mass is 10.1. The van der Waals surface area contributed by atoms with Crippen LogP contribution in [0.25, 0.3) is 0 Å². The highest BCUT2D eigenvalue weighted by Gasteiger charge is 2.10. The van der Waals surface area contributed by atoms with E-state index in [1.165, 1.54) is 12.1 Å². The Morgan fingerprint density at radius 1 is 1.60 bits per heavy atom. The number of hydrogen-bond acceptors (Lipinski definition) is 4. The van der Waals surface area contributed by atoms with E-state index >= 15 is 0 Å². The zero-order chi connectivity index (χ0) is 11.4. The number of nitrogens with zero attached hydrogens (tertiary/aromatic N) is 1. The summed E-state index contributed by atoms with van der Waals surface area (Å²) in [6, 6.07) is 2.81. The van der Waals surface area contributed by atoms with Crippen LogP contribution in [0.1, 0.15) is 11.1 Å². The number of anilines is 1. The average molecular weight is 222 g/mol. The van der Waals surface area contributed by atoms with Crippen LogP contribution in [0.2, 0.25) is 0 Å². The summed E-state index contributed by atoms with van der Waals surface area (Å²) in [4.78, 5) is 10.1. The molecule has 1 aromatic rings. The Balaban J connectivity index is 3.31. The Kier molecular flexibility index (Phi) is 3.58. The molecule has 0 aliphatic heterocycles. The summed E-state index contributed by atoms with van der Waals surface area (Å²) in [5.74, 6) is 5.84. The maximum Gasteiger partial charge on any atom is 0.271 e. The van der Waals surface area contributed by atoms with Gasteiger partial charge in [-0.05, 0) is 12.5 Å². The van der Waals surface area contributed by atoms with Crippen molar-refractivity contribution in [3.05, 3.63) is 33.4 Å². The Morgan fingerprint density at radius 3 is 2.80 bits per heavy atom. The van der Waals surface area contributed by atoms with Gasteiger partial charge < -0.3 is 5.73 Å². The highest BCUT2D eigenvalue weighted by atomic mass is 32.1. The van der Waals surface area contributed by atoms with E-state index in [-0.39, 0.29) is 5.69 Å². The quantitative estimate of drug-likeness (QED) is 0.250. The summed E-state index contributed by atoms with van der Waals surface area (Å²) in [6.45, 7) is 1.72. The van der Waals surface area contributed by atoms with Gasteiger partial charge in [-0.2, -0.15) is 12.6 Å². The van der Waals surface area contributed by atoms with Crippen molar-refractivity contribution < 1.29 is 4.92 Å². The van der Waals surface area contributed by atoms with E-state index in [0.717, 1.165) is 0 Å². The molecule has 0 aliphatic rings. The minimum Gasteiger partial charge on any atom is -0.397 e. The van der Waals surface area contributed by atoms with E-state index < -0.39 is 4.92 Å². The number of thiol groups is 1. The lowest BCUT2D eigenvalue weighted by Gasteiger charge is -2.02. The number of aryl methyl sites for hydroxylation is 1. The van der Waals surface area contributed by atoms with Crippen molar-refractivity contribution >= 4 is 24.0 Å². The molecule has 0 aliphatic carbocycles. The van der Waals surface area contributed by atoms with Gasteiger partial charge in [0.15, 0.2) is 0 Å². The van der Waals surface area contributed by atoms with Crippen LogP contribution < -0.4 is 5.73 Å². The predicted molar refractivity (Wildman–Crippen MR) is 63.0 cm³/mol. The Bertz CT molecular complexity index is 460. The third-order valence-electron chi connectivity index (χ3n) is 1.88. The maximum atomic E-state index is 10.6. The first-order valence-electron chi connectivity index (χ1n) is 4.20. The molecule has 0 amide bonds. The zero-order valence-corrected chi connectivity index (χ0v) is 9.04. The summed E-state index contributed by atoms with van der Waals surface area (Å²) in [7, 11) is 0. The number of nitrogen functional groups attached to an aromatic ring is 1. The minimum atomic E-state index is -0.460. The van der Waals surface area contributed by atoms with Crippen LogP contribution in [-0.4, -0.2) is 10.7 Å². The van der Waals surface area contributed by atoms with Crippen LogP contribution in [0.15, 0.2) is 12.1 Å². The molecule has 15 heavy (non-hydrogen) atoms. The number of benzene rings is 1. The molecule has 0 unspecified atom stereocenters. The normalized spacial score (nSPS) is 9.20. The van der Waals surface area contributed by atoms with Crippen molar-refractivity contribution in [1.29, 1.82) is 0 Å². The molecule has 0 atom stereocenters. The van der Waals surface area contributed by atoms with E-state index in [4.69, 9.17) is 5.73 Å². The SMILES string of the molecule is Cc1cc([N+](=O)[O-])cc(C#CCS)c1N. The summed E-state index contributed by atoms with van der Waals surface area (Å²) < 4.78 is 0. The molecule has 0 aromatic heterocycles. The van der Waals surface area contributed by atoms with Crippen molar-refractivity contribution in [3.8, 4) is 11.8 Å². The highest BCUT2D eigenvalue weighted by molar-refractivity contribution is 7.80. The van der Waals surface area contributed by atoms with Crippen LogP contribution in [-0.2, 0) is 0 Å². The molecule has 0 heterocycles. The first-order valence-corrected chi connectivity index (χ1v) is 4.83. The van der Waals surface area contributed by atoms with Gasteiger partial charge in [-0.3, -0.25) is 10.1 Å². The van der Waals surface area contributed by atoms with Crippen molar-refractivity contribution in [3.63, 3.8) is 0 Å². The van der Waals surface area contributed by atoms with E-state index in [9.17, 15) is 10.1 Å². The second-order valence-electron chi connectivity index (χ2n) is 2.94. The van der Waals surface area contributed by atoms with Crippen molar-refractivity contribution in [2.24, 2.45) is 0 Å². The van der Waals surface area contributed by atoms with E-state index in [1.54, 1.807) is 6.92 Å². The van der Waals surface area contributed by atoms with Crippen LogP contribution in [0, 0.1) is 28.9 Å². The van der Waals surface area contributed by atoms with Gasteiger partial charge in [0.05, 0.1) is 21.9 Å². The second-order valence-corrected chi connectivity index (χ2v) is 3.26. The number of nitro benzene ring substituents is 1. The van der Waals surface area contributed by atoms with Gasteiger partial charge in [-0.1, -0.05) is 11.8 Å². The van der Waals surface area contributed by atoms with E-state index in [2.05, 4.69) is 24.5 Å². The predicted octanol–water partition coefficient (Wildman–Crippen LogP) is 1.77. The van der Waals surface area contributed by atoms with Gasteiger partial charge in [0.1, 0.15) is 0 Å². The molecule has 4 nitrogen and oxygen atoms in total. The van der Waals surface area contributed by atoms with Gasteiger partial charge in [0, 0.05) is 12.1 Å². The summed E-state index contributed by atoms with van der Waals surface area (Å²) in [5, 5.41) is 10.6. The summed E-state index contributed by atoms with van der Waals surface area (Å²) >= 11 is 3.93. The van der Waals surface area contributed by atoms with E-state index in [1.807, 2.05) is 0 Å². The fourth-order valence-electron chi connectivity index (χ4n) is 1.12. The molecule has 0 spiro atoms. The van der Waals surface area contributed by atoms with Gasteiger partial charge in [0.2, 0.25) is 0 Å². The fraction of sp³-hybridized carbons (Fsp3) is 0.200. The smallest absolute Gasteiger partial charge is 0.271 e. The first-order chi connectivity index (χ1) is 7.06. The molecule has 0 saturated heterocycles. The first kappa shape index (κ1) is 11.4. The highest BCUT2D eigenvalue weighted by Crippen LogP contribution is 2.23. The average Bonchev–Trinajstić information content (AvgIpc) is 2.19. The fourth-order valence-corrected chi connectivity index (χ4v) is 1.20. The number of non-ortho nitro benzene ring substituents is 1. The Labute approximate surface area is 93.0 Å².